The number of aliphatic carboxylic acids is 1. The SMILES string of the molecule is CC1(C)O[C@H]2[C@H](O1)[C@@H](N)C(=O)N1[C@H](C(=O)NCC(=O)N[C@H]3C(=O)N4[C@H](C(=O)NCC(=O)[O-])CS[C@H]4[C@@H](OCc4ccccc4)[C@H]4OC(C)(C)O[C@@H]43)CS[C@H]1[C@H]2OCc1ccccc1.[Li+]. The van der Waals surface area contributed by atoms with Crippen molar-refractivity contribution in [2.45, 2.75) is 124 Å². The van der Waals surface area contributed by atoms with Gasteiger partial charge in [0.15, 0.2) is 11.6 Å². The second-order valence-electron chi connectivity index (χ2n) is 17.0. The molecule has 2 aromatic carbocycles. The first kappa shape index (κ1) is 48.2. The number of carboxylic acid groups (broad SMARTS) is 1. The number of carboxylic acids is 1. The Morgan fingerprint density at radius 2 is 1.14 bits per heavy atom. The maximum absolute atomic E-state index is 14.7. The summed E-state index contributed by atoms with van der Waals surface area (Å²) < 4.78 is 38.1. The average molecular weight is 919 g/mol. The molecule has 12 atom stereocenters. The first-order chi connectivity index (χ1) is 30.0. The predicted octanol–water partition coefficient (Wildman–Crippen LogP) is -4.44. The van der Waals surface area contributed by atoms with Crippen LogP contribution in [0, 0.1) is 0 Å². The molecule has 340 valence electrons. The number of nitrogens with two attached hydrogens (primary N) is 1. The molecule has 22 heteroatoms. The van der Waals surface area contributed by atoms with E-state index in [4.69, 9.17) is 34.2 Å². The Bertz CT molecular complexity index is 2080. The summed E-state index contributed by atoms with van der Waals surface area (Å²) in [5.41, 5.74) is 8.29. The largest absolute Gasteiger partial charge is 1.00 e. The molecule has 8 rings (SSSR count). The van der Waals surface area contributed by atoms with E-state index in [0.29, 0.717) is 0 Å². The quantitative estimate of drug-likeness (QED) is 0.139. The maximum atomic E-state index is 14.7. The van der Waals surface area contributed by atoms with Crippen LogP contribution in [0.5, 0.6) is 0 Å². The van der Waals surface area contributed by atoms with Gasteiger partial charge < -0.3 is 69.8 Å². The number of fused-ring (bicyclic) bond motifs is 4. The summed E-state index contributed by atoms with van der Waals surface area (Å²) in [6.07, 6.45) is -5.26. The molecule has 6 heterocycles. The number of amides is 5. The number of carbonyl (C=O) groups excluding carboxylic acids is 6. The minimum atomic E-state index is -1.51. The first-order valence-corrected chi connectivity index (χ1v) is 22.8. The summed E-state index contributed by atoms with van der Waals surface area (Å²) in [6, 6.07) is 14.0. The minimum Gasteiger partial charge on any atom is -0.548 e. The molecule has 6 aliphatic rings. The van der Waals surface area contributed by atoms with Crippen molar-refractivity contribution < 1.29 is 81.2 Å². The van der Waals surface area contributed by atoms with Crippen molar-refractivity contribution in [3.8, 4) is 0 Å². The van der Waals surface area contributed by atoms with Crippen molar-refractivity contribution in [3.63, 3.8) is 0 Å². The molecule has 6 fully saturated rings. The fraction of sp³-hybridized carbons (Fsp3) is 0.571. The zero-order chi connectivity index (χ0) is 44.8. The molecule has 0 bridgehead atoms. The molecule has 0 aliphatic carbocycles. The third-order valence-corrected chi connectivity index (χ3v) is 14.4. The van der Waals surface area contributed by atoms with E-state index in [-0.39, 0.29) is 43.6 Å². The molecule has 2 aromatic rings. The molecular formula is C42H51LiN6O13S2. The number of nitrogens with zero attached hydrogens (tertiary/aromatic N) is 2. The van der Waals surface area contributed by atoms with Gasteiger partial charge in [-0.25, -0.2) is 0 Å². The molecule has 5 amide bonds. The fourth-order valence-electron chi connectivity index (χ4n) is 8.96. The van der Waals surface area contributed by atoms with E-state index in [1.807, 2.05) is 60.7 Å². The van der Waals surface area contributed by atoms with E-state index >= 15 is 0 Å². The Hall–Kier alpha value is -3.72. The molecular weight excluding hydrogens is 868 g/mol. The second-order valence-corrected chi connectivity index (χ2v) is 19.3. The van der Waals surface area contributed by atoms with Crippen molar-refractivity contribution in [1.82, 2.24) is 25.8 Å². The summed E-state index contributed by atoms with van der Waals surface area (Å²) in [7, 11) is 0. The van der Waals surface area contributed by atoms with Crippen LogP contribution in [0.3, 0.4) is 0 Å². The van der Waals surface area contributed by atoms with E-state index in [9.17, 15) is 33.9 Å². The summed E-state index contributed by atoms with van der Waals surface area (Å²) in [5, 5.41) is 17.4. The van der Waals surface area contributed by atoms with Crippen LogP contribution in [0.4, 0.5) is 0 Å². The first-order valence-electron chi connectivity index (χ1n) is 20.7. The fourth-order valence-corrected chi connectivity index (χ4v) is 12.0. The zero-order valence-corrected chi connectivity index (χ0v) is 37.7. The minimum absolute atomic E-state index is 0. The maximum Gasteiger partial charge on any atom is 1.00 e. The van der Waals surface area contributed by atoms with Crippen molar-refractivity contribution in [1.29, 1.82) is 0 Å². The number of ether oxygens (including phenoxy) is 6. The zero-order valence-electron chi connectivity index (χ0n) is 36.0. The van der Waals surface area contributed by atoms with E-state index < -0.39 is 132 Å². The molecule has 0 saturated carbocycles. The van der Waals surface area contributed by atoms with Gasteiger partial charge >= 0.3 is 18.9 Å². The Labute approximate surface area is 390 Å². The Kier molecular flexibility index (Phi) is 14.8. The van der Waals surface area contributed by atoms with Gasteiger partial charge in [-0.05, 0) is 38.8 Å². The number of hydrogen-bond donors (Lipinski definition) is 4. The normalized spacial score (nSPS) is 33.4. The number of nitrogens with one attached hydrogen (secondary N) is 3. The van der Waals surface area contributed by atoms with E-state index in [1.54, 1.807) is 27.7 Å². The van der Waals surface area contributed by atoms with Gasteiger partial charge in [-0.1, -0.05) is 60.7 Å². The van der Waals surface area contributed by atoms with Gasteiger partial charge in [0.25, 0.3) is 0 Å². The standard InChI is InChI=1S/C42H52N6O13S2.Li/c1-41(2)58-29-27(43)37(54)47-23(19-62-39(47)33(31(29)60-41)56-17-21-11-7-5-8-12-21)35(52)44-15-25(49)46-28-30-32(61-42(3,4)59-30)34(57-18-22-13-9-6-10-14-22)40-48(38(28)55)24(20-63-40)36(53)45-16-26(50)51;/h5-14,23-24,27-34,39-40H,15-20,43H2,1-4H3,(H,44,52)(H,45,53)(H,46,49)(H,50,51);/q;+1/p-1/t23-,24-,27+,28+,29+,30+,31-,32-,33-,34-,39-,40-;/m0./s1. The summed E-state index contributed by atoms with van der Waals surface area (Å²) in [5.74, 6) is -6.90. The number of benzene rings is 2. The second kappa shape index (κ2) is 19.6. The van der Waals surface area contributed by atoms with Gasteiger partial charge in [-0.15, -0.1) is 23.5 Å². The van der Waals surface area contributed by atoms with E-state index in [1.165, 1.54) is 33.3 Å². The Balaban J connectivity index is 0.00000612. The molecule has 19 nitrogen and oxygen atoms in total. The Morgan fingerprint density at radius 1 is 0.703 bits per heavy atom. The van der Waals surface area contributed by atoms with Gasteiger partial charge in [0, 0.05) is 11.5 Å². The monoisotopic (exact) mass is 918 g/mol. The van der Waals surface area contributed by atoms with Crippen LogP contribution in [-0.4, -0.2) is 153 Å². The number of carbonyl (C=O) groups is 6. The van der Waals surface area contributed by atoms with Crippen LogP contribution in [0.1, 0.15) is 38.8 Å². The molecule has 5 N–H and O–H groups in total. The molecule has 0 unspecified atom stereocenters. The van der Waals surface area contributed by atoms with Gasteiger partial charge in [-0.3, -0.25) is 24.0 Å². The van der Waals surface area contributed by atoms with Crippen molar-refractivity contribution in [3.05, 3.63) is 71.8 Å². The summed E-state index contributed by atoms with van der Waals surface area (Å²) in [6.45, 7) is 5.74. The smallest absolute Gasteiger partial charge is 0.548 e. The summed E-state index contributed by atoms with van der Waals surface area (Å²) >= 11 is 2.59. The van der Waals surface area contributed by atoms with E-state index in [0.717, 1.165) is 11.1 Å². The van der Waals surface area contributed by atoms with Gasteiger partial charge in [-0.2, -0.15) is 0 Å². The number of rotatable bonds is 13. The van der Waals surface area contributed by atoms with Crippen LogP contribution < -0.4 is 45.7 Å². The van der Waals surface area contributed by atoms with E-state index in [2.05, 4.69) is 16.0 Å². The van der Waals surface area contributed by atoms with Crippen LogP contribution in [-0.2, 0) is 70.4 Å². The average Bonchev–Trinajstić information content (AvgIpc) is 4.02. The molecule has 6 aliphatic heterocycles. The molecule has 0 spiro atoms. The van der Waals surface area contributed by atoms with Crippen molar-refractivity contribution >= 4 is 59.0 Å². The molecule has 64 heavy (non-hydrogen) atoms. The molecule has 6 saturated heterocycles. The molecule has 0 aromatic heterocycles. The number of hydrogen-bond acceptors (Lipinski definition) is 16. The predicted molar refractivity (Wildman–Crippen MR) is 222 cm³/mol. The van der Waals surface area contributed by atoms with Crippen molar-refractivity contribution in [2.24, 2.45) is 5.73 Å². The third kappa shape index (κ3) is 10.00. The van der Waals surface area contributed by atoms with Crippen LogP contribution >= 0.6 is 23.5 Å². The van der Waals surface area contributed by atoms with Gasteiger partial charge in [0.05, 0.1) is 32.3 Å². The Morgan fingerprint density at radius 3 is 1.64 bits per heavy atom. The van der Waals surface area contributed by atoms with Crippen LogP contribution in [0.2, 0.25) is 0 Å². The summed E-state index contributed by atoms with van der Waals surface area (Å²) in [4.78, 5) is 84.1. The van der Waals surface area contributed by atoms with Crippen molar-refractivity contribution in [2.75, 3.05) is 24.6 Å². The van der Waals surface area contributed by atoms with Gasteiger partial charge in [0.2, 0.25) is 29.5 Å². The topological polar surface area (TPSA) is 249 Å². The number of thioether (sulfide) groups is 2. The molecule has 0 radical (unpaired) electrons. The van der Waals surface area contributed by atoms with Crippen LogP contribution in [0.15, 0.2) is 60.7 Å². The van der Waals surface area contributed by atoms with Crippen LogP contribution in [0.25, 0.3) is 0 Å². The van der Waals surface area contributed by atoms with Gasteiger partial charge in [0.1, 0.15) is 71.5 Å². The third-order valence-electron chi connectivity index (χ3n) is 11.7.